The highest BCUT2D eigenvalue weighted by molar-refractivity contribution is 5.82. The molecule has 1 aromatic carbocycles. The smallest absolute Gasteiger partial charge is 0.254 e. The Balaban J connectivity index is 1.30. The first-order valence-corrected chi connectivity index (χ1v) is 12.9. The Labute approximate surface area is 194 Å². The lowest BCUT2D eigenvalue weighted by Gasteiger charge is -2.24. The topological polar surface area (TPSA) is 55.1 Å². The molecule has 0 amide bonds. The highest BCUT2D eigenvalue weighted by Crippen LogP contribution is 2.30. The van der Waals surface area contributed by atoms with Gasteiger partial charge in [0.05, 0.1) is 11.2 Å². The van der Waals surface area contributed by atoms with Crippen molar-refractivity contribution in [3.05, 3.63) is 69.0 Å². The highest BCUT2D eigenvalue weighted by atomic mass is 16.1. The van der Waals surface area contributed by atoms with Gasteiger partial charge in [-0.3, -0.25) is 9.20 Å². The Morgan fingerprint density at radius 3 is 2.67 bits per heavy atom. The molecule has 0 bridgehead atoms. The van der Waals surface area contributed by atoms with Gasteiger partial charge >= 0.3 is 0 Å². The van der Waals surface area contributed by atoms with Gasteiger partial charge in [0.1, 0.15) is 0 Å². The predicted molar refractivity (Wildman–Crippen MR) is 133 cm³/mol. The Kier molecular flexibility index (Phi) is 5.35. The van der Waals surface area contributed by atoms with E-state index in [9.17, 15) is 4.79 Å². The predicted octanol–water partition coefficient (Wildman–Crippen LogP) is 5.53. The average molecular weight is 443 g/mol. The summed E-state index contributed by atoms with van der Waals surface area (Å²) in [5, 5.41) is 1.26. The van der Waals surface area contributed by atoms with Crippen molar-refractivity contribution in [3.8, 4) is 0 Å². The Bertz CT molecular complexity index is 1370. The van der Waals surface area contributed by atoms with Crippen LogP contribution in [0, 0.1) is 12.8 Å². The maximum absolute atomic E-state index is 13.7. The van der Waals surface area contributed by atoms with Gasteiger partial charge in [0, 0.05) is 30.2 Å². The van der Waals surface area contributed by atoms with Crippen LogP contribution >= 0.6 is 0 Å². The summed E-state index contributed by atoms with van der Waals surface area (Å²) >= 11 is 0. The van der Waals surface area contributed by atoms with Gasteiger partial charge in [-0.1, -0.05) is 19.3 Å². The summed E-state index contributed by atoms with van der Waals surface area (Å²) < 4.78 is 4.24. The maximum Gasteiger partial charge on any atom is 0.254 e. The molecule has 3 heterocycles. The van der Waals surface area contributed by atoms with E-state index < -0.39 is 0 Å². The molecule has 3 aromatic heterocycles. The standard InChI is InChI=1S/C28H34N4O/c1-19-16-29-28-30-25(18-31(19)28)12-6-11-23-14-24-13-21-9-5-10-22(21)15-26(24)32(27(23)33)17-20-7-3-2-4-8-20/h13-16,18,20H,2-12,17H2,1H3,(H,29,30). The van der Waals surface area contributed by atoms with E-state index in [0.29, 0.717) is 5.92 Å². The molecular formula is C28H34N4O. The van der Waals surface area contributed by atoms with Crippen LogP contribution < -0.4 is 5.56 Å². The Morgan fingerprint density at radius 2 is 1.85 bits per heavy atom. The number of hydrogen-bond acceptors (Lipinski definition) is 2. The van der Waals surface area contributed by atoms with Gasteiger partial charge in [-0.2, -0.15) is 0 Å². The monoisotopic (exact) mass is 442 g/mol. The Hall–Kier alpha value is -2.82. The van der Waals surface area contributed by atoms with Crippen LogP contribution in [0.2, 0.25) is 0 Å². The second-order valence-corrected chi connectivity index (χ2v) is 10.3. The van der Waals surface area contributed by atoms with Crippen LogP contribution in [0.4, 0.5) is 0 Å². The van der Waals surface area contributed by atoms with E-state index in [4.69, 9.17) is 4.98 Å². The number of rotatable bonds is 6. The van der Waals surface area contributed by atoms with Crippen molar-refractivity contribution in [2.75, 3.05) is 0 Å². The molecule has 4 aromatic rings. The van der Waals surface area contributed by atoms with Gasteiger partial charge in [0.2, 0.25) is 5.78 Å². The molecule has 6 rings (SSSR count). The van der Waals surface area contributed by atoms with E-state index in [1.807, 2.05) is 6.20 Å². The van der Waals surface area contributed by atoms with E-state index in [0.717, 1.165) is 60.5 Å². The summed E-state index contributed by atoms with van der Waals surface area (Å²) in [6, 6.07) is 6.90. The number of imidazole rings is 2. The largest absolute Gasteiger partial charge is 0.330 e. The zero-order valence-electron chi connectivity index (χ0n) is 19.7. The fourth-order valence-electron chi connectivity index (χ4n) is 6.12. The number of fused-ring (bicyclic) bond motifs is 3. The Morgan fingerprint density at radius 1 is 1.03 bits per heavy atom. The summed E-state index contributed by atoms with van der Waals surface area (Å²) in [4.78, 5) is 21.6. The fourth-order valence-corrected chi connectivity index (χ4v) is 6.12. The van der Waals surface area contributed by atoms with Crippen molar-refractivity contribution in [2.24, 2.45) is 5.92 Å². The van der Waals surface area contributed by atoms with Crippen molar-refractivity contribution < 1.29 is 0 Å². The number of nitrogens with zero attached hydrogens (tertiary/aromatic N) is 3. The molecular weight excluding hydrogens is 408 g/mol. The molecule has 0 atom stereocenters. The number of pyridine rings is 1. The van der Waals surface area contributed by atoms with Crippen molar-refractivity contribution in [2.45, 2.75) is 84.1 Å². The lowest BCUT2D eigenvalue weighted by atomic mass is 9.89. The third kappa shape index (κ3) is 3.92. The molecule has 33 heavy (non-hydrogen) atoms. The van der Waals surface area contributed by atoms with Gasteiger partial charge in [-0.15, -0.1) is 0 Å². The number of aromatic amines is 1. The third-order valence-electron chi connectivity index (χ3n) is 7.97. The van der Waals surface area contributed by atoms with E-state index in [1.165, 1.54) is 61.5 Å². The molecule has 1 N–H and O–H groups in total. The first-order valence-electron chi connectivity index (χ1n) is 12.9. The summed E-state index contributed by atoms with van der Waals surface area (Å²) in [5.74, 6) is 1.54. The zero-order valence-corrected chi connectivity index (χ0v) is 19.7. The number of benzene rings is 1. The summed E-state index contributed by atoms with van der Waals surface area (Å²) in [5.41, 5.74) is 7.56. The van der Waals surface area contributed by atoms with E-state index >= 15 is 0 Å². The van der Waals surface area contributed by atoms with Crippen LogP contribution in [0.1, 0.15) is 73.0 Å². The molecule has 0 spiro atoms. The van der Waals surface area contributed by atoms with E-state index in [1.54, 1.807) is 0 Å². The molecule has 0 saturated heterocycles. The molecule has 0 aliphatic heterocycles. The summed E-state index contributed by atoms with van der Waals surface area (Å²) in [6.07, 6.45) is 16.8. The van der Waals surface area contributed by atoms with Gasteiger partial charge in [-0.25, -0.2) is 4.98 Å². The minimum Gasteiger partial charge on any atom is -0.330 e. The first kappa shape index (κ1) is 20.8. The first-order chi connectivity index (χ1) is 16.2. The third-order valence-corrected chi connectivity index (χ3v) is 7.97. The van der Waals surface area contributed by atoms with Gasteiger partial charge in [0.15, 0.2) is 0 Å². The molecule has 5 nitrogen and oxygen atoms in total. The molecule has 0 unspecified atom stereocenters. The quantitative estimate of drug-likeness (QED) is 0.427. The van der Waals surface area contributed by atoms with Crippen molar-refractivity contribution in [1.82, 2.24) is 18.9 Å². The van der Waals surface area contributed by atoms with Crippen LogP contribution in [0.25, 0.3) is 16.7 Å². The zero-order chi connectivity index (χ0) is 22.4. The molecule has 5 heteroatoms. The van der Waals surface area contributed by atoms with Gasteiger partial charge in [-0.05, 0) is 98.9 Å². The molecule has 172 valence electrons. The summed E-state index contributed by atoms with van der Waals surface area (Å²) in [6.45, 7) is 2.96. The van der Waals surface area contributed by atoms with Gasteiger partial charge < -0.3 is 9.55 Å². The molecule has 2 aliphatic carbocycles. The molecule has 0 radical (unpaired) electrons. The van der Waals surface area contributed by atoms with Crippen molar-refractivity contribution in [1.29, 1.82) is 0 Å². The second kappa shape index (κ2) is 8.51. The van der Waals surface area contributed by atoms with E-state index in [2.05, 4.69) is 45.3 Å². The maximum atomic E-state index is 13.7. The van der Waals surface area contributed by atoms with Gasteiger partial charge in [0.25, 0.3) is 5.56 Å². The number of nitrogens with one attached hydrogen (secondary N) is 1. The van der Waals surface area contributed by atoms with Crippen LogP contribution in [0.15, 0.2) is 35.4 Å². The van der Waals surface area contributed by atoms with Crippen LogP contribution in [-0.2, 0) is 32.2 Å². The van der Waals surface area contributed by atoms with Crippen molar-refractivity contribution in [3.63, 3.8) is 0 Å². The molecule has 1 fully saturated rings. The van der Waals surface area contributed by atoms with Crippen LogP contribution in [0.5, 0.6) is 0 Å². The number of aromatic nitrogens is 4. The lowest BCUT2D eigenvalue weighted by molar-refractivity contribution is 0.319. The minimum absolute atomic E-state index is 0.235. The van der Waals surface area contributed by atoms with Crippen LogP contribution in [0.3, 0.4) is 0 Å². The fraction of sp³-hybridized carbons (Fsp3) is 0.500. The number of aryl methyl sites for hydroxylation is 5. The number of H-pyrrole nitrogens is 1. The lowest BCUT2D eigenvalue weighted by Crippen LogP contribution is -2.28. The van der Waals surface area contributed by atoms with E-state index in [-0.39, 0.29) is 5.56 Å². The minimum atomic E-state index is 0.235. The average Bonchev–Trinajstić information content (AvgIpc) is 3.53. The van der Waals surface area contributed by atoms with Crippen LogP contribution in [-0.4, -0.2) is 18.9 Å². The van der Waals surface area contributed by atoms with Crippen molar-refractivity contribution >= 4 is 16.7 Å². The SMILES string of the molecule is Cc1c[nH]c2nc(CCCc3cc4cc5c(cc4n(CC4CCCCC4)c3=O)CCC5)cn12. The highest BCUT2D eigenvalue weighted by Gasteiger charge is 2.20. The molecule has 2 aliphatic rings. The molecule has 1 saturated carbocycles. The normalized spacial score (nSPS) is 16.8. The summed E-state index contributed by atoms with van der Waals surface area (Å²) in [7, 11) is 0. The second-order valence-electron chi connectivity index (χ2n) is 10.3. The number of hydrogen-bond donors (Lipinski definition) is 1.